The molecule has 1 heterocycles. The van der Waals surface area contributed by atoms with Gasteiger partial charge in [-0.25, -0.2) is 0 Å². The van der Waals surface area contributed by atoms with Gasteiger partial charge in [0.2, 0.25) is 0 Å². The number of hydrogen-bond donors (Lipinski definition) is 0. The van der Waals surface area contributed by atoms with Gasteiger partial charge in [-0.1, -0.05) is 0 Å². The summed E-state index contributed by atoms with van der Waals surface area (Å²) in [5.41, 5.74) is 0. The molecule has 0 saturated carbocycles. The van der Waals surface area contributed by atoms with Gasteiger partial charge in [-0.15, -0.1) is 0 Å². The molecule has 0 saturated heterocycles. The molecular weight excluding hydrogens is 234 g/mol. The van der Waals surface area contributed by atoms with E-state index in [9.17, 15) is 0 Å². The minimum atomic E-state index is -1.58. The first-order chi connectivity index (χ1) is 4.11. The Morgan fingerprint density at radius 2 is 2.00 bits per heavy atom. The summed E-state index contributed by atoms with van der Waals surface area (Å²) in [6, 6.07) is 4.53. The van der Waals surface area contributed by atoms with Crippen LogP contribution < -0.4 is 3.31 Å². The second-order valence-electron chi connectivity index (χ2n) is 3.33. The second kappa shape index (κ2) is 2.67. The van der Waals surface area contributed by atoms with Crippen LogP contribution in [0.5, 0.6) is 0 Å². The Kier molecular flexibility index (Phi) is 2.28. The average Bonchev–Trinajstić information content (AvgIpc) is 2.08. The molecule has 0 spiro atoms. The summed E-state index contributed by atoms with van der Waals surface area (Å²) >= 11 is -1.58. The zero-order valence-corrected chi connectivity index (χ0v) is 10.1. The third-order valence-corrected chi connectivity index (χ3v) is 13.6. The first-order valence-corrected chi connectivity index (χ1v) is 14.3. The van der Waals surface area contributed by atoms with Crippen molar-refractivity contribution < 1.29 is 0 Å². The fourth-order valence-corrected chi connectivity index (χ4v) is 7.92. The molecule has 50 valence electrons. The molecule has 1 atom stereocenters. The van der Waals surface area contributed by atoms with E-state index in [-0.39, 0.29) is 0 Å². The molecule has 1 aromatic rings. The number of rotatable bonds is 1. The summed E-state index contributed by atoms with van der Waals surface area (Å²) in [5, 5.41) is 0. The Hall–Kier alpha value is 0.579. The second-order valence-corrected chi connectivity index (χ2v) is 20.3. The summed E-state index contributed by atoms with van der Waals surface area (Å²) in [6.07, 6.45) is 0. The molecule has 2 heteroatoms. The van der Waals surface area contributed by atoms with Gasteiger partial charge >= 0.3 is 62.6 Å². The molecule has 0 aliphatic rings. The van der Waals surface area contributed by atoms with E-state index in [2.05, 4.69) is 32.7 Å². The van der Waals surface area contributed by atoms with E-state index in [1.165, 1.54) is 0 Å². The van der Waals surface area contributed by atoms with Crippen LogP contribution in [0.1, 0.15) is 0 Å². The van der Waals surface area contributed by atoms with E-state index in [0.29, 0.717) is 0 Å². The zero-order valence-electron chi connectivity index (χ0n) is 6.23. The van der Waals surface area contributed by atoms with Crippen molar-refractivity contribution >= 4 is 29.9 Å². The fourth-order valence-electron chi connectivity index (χ4n) is 0.797. The molecule has 0 fully saturated rings. The van der Waals surface area contributed by atoms with Crippen molar-refractivity contribution in [3.8, 4) is 0 Å². The summed E-state index contributed by atoms with van der Waals surface area (Å²) in [7, 11) is 1.03. The van der Waals surface area contributed by atoms with Crippen LogP contribution in [0.2, 0.25) is 14.8 Å². The van der Waals surface area contributed by atoms with Crippen molar-refractivity contribution in [2.24, 2.45) is 0 Å². The predicted octanol–water partition coefficient (Wildman–Crippen LogP) is 2.26. The average molecular weight is 247 g/mol. The Balaban J connectivity index is 2.90. The predicted molar refractivity (Wildman–Crippen MR) is 48.9 cm³/mol. The van der Waals surface area contributed by atoms with Crippen molar-refractivity contribution in [2.75, 3.05) is 0 Å². The van der Waals surface area contributed by atoms with Crippen molar-refractivity contribution in [1.29, 1.82) is 0 Å². The van der Waals surface area contributed by atoms with E-state index in [0.717, 1.165) is 8.19 Å². The molecule has 0 nitrogen and oxygen atoms in total. The summed E-state index contributed by atoms with van der Waals surface area (Å²) in [4.78, 5) is 7.42. The maximum atomic E-state index is 2.47. The van der Waals surface area contributed by atoms with Crippen LogP contribution in [0.4, 0.5) is 0 Å². The van der Waals surface area contributed by atoms with Gasteiger partial charge < -0.3 is 0 Å². The molecule has 0 aromatic carbocycles. The molecule has 0 N–H and O–H groups in total. The van der Waals surface area contributed by atoms with Crippen LogP contribution in [0.3, 0.4) is 0 Å². The standard InChI is InChI=1S/C4H4P.3CH3.Sn/c1-2-4-5-3-1;;;;/h1-3,5H;3*1H3;. The molecule has 0 amide bonds. The Labute approximate surface area is 62.6 Å². The molecule has 1 rings (SSSR count). The molecule has 0 aliphatic carbocycles. The summed E-state index contributed by atoms with van der Waals surface area (Å²) in [5.74, 6) is 2.29. The summed E-state index contributed by atoms with van der Waals surface area (Å²) in [6.45, 7) is 0. The molecule has 9 heavy (non-hydrogen) atoms. The summed E-state index contributed by atoms with van der Waals surface area (Å²) < 4.78 is 1.78. The van der Waals surface area contributed by atoms with E-state index < -0.39 is 18.4 Å². The molecule has 1 aromatic heterocycles. The van der Waals surface area contributed by atoms with Gasteiger partial charge in [-0.3, -0.25) is 0 Å². The third kappa shape index (κ3) is 2.01. The van der Waals surface area contributed by atoms with Crippen LogP contribution >= 0.6 is 8.19 Å². The normalized spacial score (nSPS) is 12.8. The Bertz CT molecular complexity index is 171. The van der Waals surface area contributed by atoms with Crippen LogP contribution in [-0.4, -0.2) is 18.4 Å². The zero-order chi connectivity index (χ0) is 6.91. The Morgan fingerprint density at radius 1 is 1.33 bits per heavy atom. The topological polar surface area (TPSA) is 0 Å². The van der Waals surface area contributed by atoms with Crippen LogP contribution in [0, 0.1) is 0 Å². The van der Waals surface area contributed by atoms with Crippen molar-refractivity contribution in [3.05, 3.63) is 17.9 Å². The van der Waals surface area contributed by atoms with Crippen LogP contribution in [-0.2, 0) is 0 Å². The Morgan fingerprint density at radius 3 is 2.22 bits per heavy atom. The van der Waals surface area contributed by atoms with Gasteiger partial charge in [-0.2, -0.15) is 0 Å². The number of hydrogen-bond acceptors (Lipinski definition) is 0. The SMILES string of the molecule is [CH3][Sn]([CH3])([CH3])[c]1ccc[pH]1. The van der Waals surface area contributed by atoms with Gasteiger partial charge in [0.15, 0.2) is 0 Å². The van der Waals surface area contributed by atoms with E-state index >= 15 is 0 Å². The van der Waals surface area contributed by atoms with Crippen LogP contribution in [0.15, 0.2) is 17.9 Å². The van der Waals surface area contributed by atoms with Crippen molar-refractivity contribution in [1.82, 2.24) is 0 Å². The van der Waals surface area contributed by atoms with E-state index in [1.54, 1.807) is 3.31 Å². The molecule has 0 radical (unpaired) electrons. The first kappa shape index (κ1) is 7.68. The van der Waals surface area contributed by atoms with E-state index in [4.69, 9.17) is 0 Å². The van der Waals surface area contributed by atoms with Gasteiger partial charge in [0, 0.05) is 0 Å². The molecule has 1 unspecified atom stereocenters. The van der Waals surface area contributed by atoms with Crippen molar-refractivity contribution in [3.63, 3.8) is 0 Å². The first-order valence-electron chi connectivity index (χ1n) is 3.24. The third-order valence-electron chi connectivity index (χ3n) is 1.41. The van der Waals surface area contributed by atoms with E-state index in [1.807, 2.05) is 0 Å². The van der Waals surface area contributed by atoms with Gasteiger partial charge in [0.05, 0.1) is 0 Å². The molecule has 0 aliphatic heterocycles. The van der Waals surface area contributed by atoms with Crippen molar-refractivity contribution in [2.45, 2.75) is 14.8 Å². The minimum absolute atomic E-state index is 1.03. The quantitative estimate of drug-likeness (QED) is 0.667. The van der Waals surface area contributed by atoms with Gasteiger partial charge in [0.1, 0.15) is 0 Å². The monoisotopic (exact) mass is 248 g/mol. The molecule has 0 bridgehead atoms. The fraction of sp³-hybridized carbons (Fsp3) is 0.429. The van der Waals surface area contributed by atoms with Crippen LogP contribution in [0.25, 0.3) is 0 Å². The molecular formula is C7H13PSn. The maximum absolute atomic E-state index is 2.47. The van der Waals surface area contributed by atoms with Gasteiger partial charge in [0.25, 0.3) is 0 Å². The van der Waals surface area contributed by atoms with Gasteiger partial charge in [-0.05, 0) is 0 Å².